The summed E-state index contributed by atoms with van der Waals surface area (Å²) in [6, 6.07) is 0. The standard InChI is InChI=1S/C13H20ClN3O2S/c1-3-5-11-16-12(14)9(2)13(17-11)15-8-10-6-4-7-20(10,18)19/h10H,3-8H2,1-2H3,(H,15,16,17). The summed E-state index contributed by atoms with van der Waals surface area (Å²) >= 11 is 6.10. The molecule has 0 spiro atoms. The van der Waals surface area contributed by atoms with Crippen LogP contribution in [0.15, 0.2) is 0 Å². The first-order valence-corrected chi connectivity index (χ1v) is 9.02. The summed E-state index contributed by atoms with van der Waals surface area (Å²) in [5.74, 6) is 1.64. The Labute approximate surface area is 125 Å². The highest BCUT2D eigenvalue weighted by molar-refractivity contribution is 7.92. The third-order valence-electron chi connectivity index (χ3n) is 3.57. The molecule has 1 aliphatic heterocycles. The van der Waals surface area contributed by atoms with Gasteiger partial charge < -0.3 is 5.32 Å². The molecular formula is C13H20ClN3O2S. The lowest BCUT2D eigenvalue weighted by molar-refractivity contribution is 0.591. The van der Waals surface area contributed by atoms with Gasteiger partial charge in [0, 0.05) is 18.5 Å². The van der Waals surface area contributed by atoms with Crippen LogP contribution in [0.4, 0.5) is 5.82 Å². The van der Waals surface area contributed by atoms with Gasteiger partial charge in [-0.25, -0.2) is 18.4 Å². The minimum atomic E-state index is -2.94. The van der Waals surface area contributed by atoms with Crippen LogP contribution in [0.3, 0.4) is 0 Å². The van der Waals surface area contributed by atoms with Crippen LogP contribution in [-0.4, -0.2) is 35.9 Å². The molecule has 1 aliphatic rings. The Morgan fingerprint density at radius 3 is 2.75 bits per heavy atom. The summed E-state index contributed by atoms with van der Waals surface area (Å²) in [5, 5.41) is 3.25. The van der Waals surface area contributed by atoms with E-state index in [4.69, 9.17) is 11.6 Å². The van der Waals surface area contributed by atoms with E-state index in [-0.39, 0.29) is 5.25 Å². The van der Waals surface area contributed by atoms with Crippen LogP contribution in [0.2, 0.25) is 5.15 Å². The lowest BCUT2D eigenvalue weighted by atomic mass is 10.2. The highest BCUT2D eigenvalue weighted by Crippen LogP contribution is 2.23. The predicted molar refractivity (Wildman–Crippen MR) is 81.1 cm³/mol. The Bertz CT molecular complexity index is 590. The maximum atomic E-state index is 11.8. The van der Waals surface area contributed by atoms with Crippen molar-refractivity contribution in [3.63, 3.8) is 0 Å². The van der Waals surface area contributed by atoms with Crippen LogP contribution in [0.25, 0.3) is 0 Å². The Balaban J connectivity index is 2.12. The van der Waals surface area contributed by atoms with Crippen molar-refractivity contribution in [2.75, 3.05) is 17.6 Å². The van der Waals surface area contributed by atoms with Crippen molar-refractivity contribution in [3.05, 3.63) is 16.5 Å². The largest absolute Gasteiger partial charge is 0.368 e. The molecule has 0 saturated carbocycles. The summed E-state index contributed by atoms with van der Waals surface area (Å²) in [7, 11) is -2.94. The average molecular weight is 318 g/mol. The molecule has 0 aliphatic carbocycles. The molecule has 2 heterocycles. The van der Waals surface area contributed by atoms with E-state index in [2.05, 4.69) is 22.2 Å². The maximum absolute atomic E-state index is 11.8. The van der Waals surface area contributed by atoms with Crippen LogP contribution in [0.5, 0.6) is 0 Å². The molecule has 1 N–H and O–H groups in total. The van der Waals surface area contributed by atoms with Gasteiger partial charge in [-0.1, -0.05) is 18.5 Å². The van der Waals surface area contributed by atoms with E-state index in [1.54, 1.807) is 0 Å². The average Bonchev–Trinajstić information content (AvgIpc) is 2.71. The van der Waals surface area contributed by atoms with Gasteiger partial charge in [-0.15, -0.1) is 0 Å². The van der Waals surface area contributed by atoms with Crippen LogP contribution >= 0.6 is 11.6 Å². The smallest absolute Gasteiger partial charge is 0.154 e. The molecule has 0 aromatic carbocycles. The number of hydrogen-bond donors (Lipinski definition) is 1. The van der Waals surface area contributed by atoms with Gasteiger partial charge >= 0.3 is 0 Å². The highest BCUT2D eigenvalue weighted by Gasteiger charge is 2.31. The quantitative estimate of drug-likeness (QED) is 0.844. The molecule has 1 fully saturated rings. The molecule has 1 aromatic heterocycles. The zero-order valence-corrected chi connectivity index (χ0v) is 13.4. The van der Waals surface area contributed by atoms with Crippen molar-refractivity contribution in [1.82, 2.24) is 9.97 Å². The van der Waals surface area contributed by atoms with Crippen LogP contribution < -0.4 is 5.32 Å². The van der Waals surface area contributed by atoms with Gasteiger partial charge in [0.2, 0.25) is 0 Å². The molecule has 7 heteroatoms. The third-order valence-corrected chi connectivity index (χ3v) is 6.21. The minimum Gasteiger partial charge on any atom is -0.368 e. The molecule has 20 heavy (non-hydrogen) atoms. The number of nitrogens with zero attached hydrogens (tertiary/aromatic N) is 2. The molecule has 0 bridgehead atoms. The molecular weight excluding hydrogens is 298 g/mol. The van der Waals surface area contributed by atoms with E-state index >= 15 is 0 Å². The Hall–Kier alpha value is -0.880. The summed E-state index contributed by atoms with van der Waals surface area (Å²) in [4.78, 5) is 8.66. The Morgan fingerprint density at radius 2 is 2.15 bits per heavy atom. The van der Waals surface area contributed by atoms with E-state index in [1.165, 1.54) is 0 Å². The predicted octanol–water partition coefficient (Wildman–Crippen LogP) is 2.38. The van der Waals surface area contributed by atoms with Gasteiger partial charge in [-0.05, 0) is 26.2 Å². The van der Waals surface area contributed by atoms with Gasteiger partial charge in [0.25, 0.3) is 0 Å². The summed E-state index contributed by atoms with van der Waals surface area (Å²) in [5.41, 5.74) is 0.766. The molecule has 112 valence electrons. The number of rotatable bonds is 5. The van der Waals surface area contributed by atoms with E-state index in [1.807, 2.05) is 6.92 Å². The van der Waals surface area contributed by atoms with Crippen molar-refractivity contribution < 1.29 is 8.42 Å². The fourth-order valence-electron chi connectivity index (χ4n) is 2.34. The topological polar surface area (TPSA) is 72.0 Å². The number of hydrogen-bond acceptors (Lipinski definition) is 5. The van der Waals surface area contributed by atoms with Crippen LogP contribution in [-0.2, 0) is 16.3 Å². The van der Waals surface area contributed by atoms with Crippen LogP contribution in [0, 0.1) is 6.92 Å². The number of aromatic nitrogens is 2. The number of anilines is 1. The van der Waals surface area contributed by atoms with Crippen molar-refractivity contribution in [2.24, 2.45) is 0 Å². The first-order valence-electron chi connectivity index (χ1n) is 6.92. The molecule has 1 unspecified atom stereocenters. The van der Waals surface area contributed by atoms with Gasteiger partial charge in [0.15, 0.2) is 9.84 Å². The van der Waals surface area contributed by atoms with Crippen molar-refractivity contribution in [3.8, 4) is 0 Å². The van der Waals surface area contributed by atoms with Gasteiger partial charge in [0.1, 0.15) is 16.8 Å². The second-order valence-corrected chi connectivity index (χ2v) is 7.93. The molecule has 1 aromatic rings. The lowest BCUT2D eigenvalue weighted by Gasteiger charge is -2.14. The van der Waals surface area contributed by atoms with E-state index in [9.17, 15) is 8.42 Å². The Morgan fingerprint density at radius 1 is 1.40 bits per heavy atom. The van der Waals surface area contributed by atoms with Gasteiger partial charge in [-0.3, -0.25) is 0 Å². The van der Waals surface area contributed by atoms with Crippen molar-refractivity contribution in [1.29, 1.82) is 0 Å². The van der Waals surface area contributed by atoms with E-state index < -0.39 is 9.84 Å². The fourth-order valence-corrected chi connectivity index (χ4v) is 4.29. The summed E-state index contributed by atoms with van der Waals surface area (Å²) in [6.45, 7) is 4.28. The molecule has 1 atom stereocenters. The van der Waals surface area contributed by atoms with Gasteiger partial charge in [0.05, 0.1) is 11.0 Å². The molecule has 0 amide bonds. The minimum absolute atomic E-state index is 0.296. The van der Waals surface area contributed by atoms with E-state index in [0.717, 1.165) is 31.2 Å². The lowest BCUT2D eigenvalue weighted by Crippen LogP contribution is -2.25. The van der Waals surface area contributed by atoms with Crippen molar-refractivity contribution in [2.45, 2.75) is 44.8 Å². The number of aryl methyl sites for hydroxylation is 1. The van der Waals surface area contributed by atoms with E-state index in [0.29, 0.717) is 29.1 Å². The SMILES string of the molecule is CCCc1nc(Cl)c(C)c(NCC2CCCS2(=O)=O)n1. The fraction of sp³-hybridized carbons (Fsp3) is 0.692. The molecule has 2 rings (SSSR count). The third kappa shape index (κ3) is 3.41. The molecule has 0 radical (unpaired) electrons. The van der Waals surface area contributed by atoms with Crippen LogP contribution in [0.1, 0.15) is 37.6 Å². The second-order valence-electron chi connectivity index (χ2n) is 5.17. The highest BCUT2D eigenvalue weighted by atomic mass is 35.5. The van der Waals surface area contributed by atoms with Gasteiger partial charge in [-0.2, -0.15) is 0 Å². The molecule has 5 nitrogen and oxygen atoms in total. The summed E-state index contributed by atoms with van der Waals surface area (Å²) < 4.78 is 23.6. The first kappa shape index (κ1) is 15.5. The zero-order chi connectivity index (χ0) is 14.8. The number of halogens is 1. The normalized spacial score (nSPS) is 21.1. The first-order chi connectivity index (χ1) is 9.44. The summed E-state index contributed by atoms with van der Waals surface area (Å²) in [6.07, 6.45) is 3.17. The second kappa shape index (κ2) is 6.26. The number of sulfone groups is 1. The Kier molecular flexibility index (Phi) is 4.86. The monoisotopic (exact) mass is 317 g/mol. The number of nitrogens with one attached hydrogen (secondary N) is 1. The maximum Gasteiger partial charge on any atom is 0.154 e. The zero-order valence-electron chi connectivity index (χ0n) is 11.8. The molecule has 1 saturated heterocycles. The van der Waals surface area contributed by atoms with Crippen molar-refractivity contribution >= 4 is 27.3 Å².